The van der Waals surface area contributed by atoms with Gasteiger partial charge in [0.15, 0.2) is 0 Å². The number of nitrogens with zero attached hydrogens (tertiary/aromatic N) is 5. The second-order valence-corrected chi connectivity index (χ2v) is 5.56. The summed E-state index contributed by atoms with van der Waals surface area (Å²) in [6.45, 7) is 4.18. The number of amides is 1. The van der Waals surface area contributed by atoms with E-state index in [1.807, 2.05) is 18.2 Å². The number of likely N-dealkylation sites (N-methyl/N-ethyl adjacent to an activating group) is 1. The molecule has 0 aromatic carbocycles. The van der Waals surface area contributed by atoms with Crippen LogP contribution in [0.25, 0.3) is 0 Å². The zero-order valence-corrected chi connectivity index (χ0v) is 13.1. The highest BCUT2D eigenvalue weighted by Gasteiger charge is 2.17. The maximum absolute atomic E-state index is 12.2. The monoisotopic (exact) mass is 312 g/mol. The first-order valence-corrected chi connectivity index (χ1v) is 7.66. The standard InChI is InChI=1S/C16H20N6O/c1-21-6-8-22(9-7-21)15-10-14(19-12-20-15)16(23)18-11-13-4-2-3-5-17-13/h2-5,10,12H,6-9,11H2,1H3,(H,18,23). The van der Waals surface area contributed by atoms with Crippen molar-refractivity contribution in [2.75, 3.05) is 38.1 Å². The molecule has 0 saturated carbocycles. The summed E-state index contributed by atoms with van der Waals surface area (Å²) in [5, 5.41) is 2.83. The first-order valence-electron chi connectivity index (χ1n) is 7.66. The molecule has 3 heterocycles. The van der Waals surface area contributed by atoms with Crippen LogP contribution in [-0.2, 0) is 6.54 Å². The van der Waals surface area contributed by atoms with Crippen LogP contribution in [0.5, 0.6) is 0 Å². The first-order chi connectivity index (χ1) is 11.2. The number of rotatable bonds is 4. The lowest BCUT2D eigenvalue weighted by Crippen LogP contribution is -2.44. The van der Waals surface area contributed by atoms with Gasteiger partial charge in [-0.25, -0.2) is 9.97 Å². The van der Waals surface area contributed by atoms with E-state index in [0.29, 0.717) is 12.2 Å². The van der Waals surface area contributed by atoms with Gasteiger partial charge in [-0.3, -0.25) is 9.78 Å². The minimum absolute atomic E-state index is 0.214. The van der Waals surface area contributed by atoms with Crippen LogP contribution in [0.1, 0.15) is 16.2 Å². The molecule has 2 aromatic rings. The average molecular weight is 312 g/mol. The zero-order chi connectivity index (χ0) is 16.1. The number of aromatic nitrogens is 3. The fourth-order valence-corrected chi connectivity index (χ4v) is 2.44. The Morgan fingerprint density at radius 2 is 2.00 bits per heavy atom. The van der Waals surface area contributed by atoms with Crippen LogP contribution >= 0.6 is 0 Å². The molecule has 0 bridgehead atoms. The quantitative estimate of drug-likeness (QED) is 0.889. The minimum atomic E-state index is -0.214. The van der Waals surface area contributed by atoms with Crippen molar-refractivity contribution in [2.45, 2.75) is 6.54 Å². The van der Waals surface area contributed by atoms with E-state index in [9.17, 15) is 4.79 Å². The van der Waals surface area contributed by atoms with Gasteiger partial charge in [0.2, 0.25) is 0 Å². The van der Waals surface area contributed by atoms with Crippen LogP contribution in [0.2, 0.25) is 0 Å². The smallest absolute Gasteiger partial charge is 0.270 e. The highest BCUT2D eigenvalue weighted by Crippen LogP contribution is 2.13. The molecule has 120 valence electrons. The number of carbonyl (C=O) groups excluding carboxylic acids is 1. The Bertz CT molecular complexity index is 655. The molecular formula is C16H20N6O. The molecule has 1 fully saturated rings. The Morgan fingerprint density at radius 1 is 1.17 bits per heavy atom. The second-order valence-electron chi connectivity index (χ2n) is 5.56. The fraction of sp³-hybridized carbons (Fsp3) is 0.375. The Hall–Kier alpha value is -2.54. The van der Waals surface area contributed by atoms with Gasteiger partial charge in [-0.1, -0.05) is 6.07 Å². The largest absolute Gasteiger partial charge is 0.354 e. The average Bonchev–Trinajstić information content (AvgIpc) is 2.61. The molecule has 1 N–H and O–H groups in total. The van der Waals surface area contributed by atoms with Crippen molar-refractivity contribution in [2.24, 2.45) is 0 Å². The predicted molar refractivity (Wildman–Crippen MR) is 87.1 cm³/mol. The molecule has 1 aliphatic rings. The van der Waals surface area contributed by atoms with Gasteiger partial charge in [0, 0.05) is 38.4 Å². The normalized spacial score (nSPS) is 15.4. The molecule has 1 saturated heterocycles. The Labute approximate surface area is 135 Å². The molecule has 0 radical (unpaired) electrons. The van der Waals surface area contributed by atoms with E-state index in [-0.39, 0.29) is 5.91 Å². The summed E-state index contributed by atoms with van der Waals surface area (Å²) < 4.78 is 0. The van der Waals surface area contributed by atoms with Crippen molar-refractivity contribution in [1.29, 1.82) is 0 Å². The van der Waals surface area contributed by atoms with Gasteiger partial charge in [0.05, 0.1) is 12.2 Å². The van der Waals surface area contributed by atoms with Gasteiger partial charge in [0.1, 0.15) is 17.8 Å². The van der Waals surface area contributed by atoms with E-state index in [0.717, 1.165) is 37.7 Å². The molecule has 2 aromatic heterocycles. The Balaban J connectivity index is 1.63. The van der Waals surface area contributed by atoms with Gasteiger partial charge in [0.25, 0.3) is 5.91 Å². The van der Waals surface area contributed by atoms with E-state index >= 15 is 0 Å². The fourth-order valence-electron chi connectivity index (χ4n) is 2.44. The van der Waals surface area contributed by atoms with Gasteiger partial charge < -0.3 is 15.1 Å². The number of hydrogen-bond acceptors (Lipinski definition) is 6. The van der Waals surface area contributed by atoms with Gasteiger partial charge in [-0.15, -0.1) is 0 Å². The molecule has 1 aliphatic heterocycles. The van der Waals surface area contributed by atoms with Crippen LogP contribution in [0.3, 0.4) is 0 Å². The molecule has 3 rings (SSSR count). The SMILES string of the molecule is CN1CCN(c2cc(C(=O)NCc3ccccn3)ncn2)CC1. The lowest BCUT2D eigenvalue weighted by molar-refractivity contribution is 0.0945. The molecule has 7 nitrogen and oxygen atoms in total. The topological polar surface area (TPSA) is 74.2 Å². The van der Waals surface area contributed by atoms with E-state index < -0.39 is 0 Å². The first kappa shape index (κ1) is 15.4. The number of piperazine rings is 1. The Kier molecular flexibility index (Phi) is 4.77. The van der Waals surface area contributed by atoms with Crippen molar-refractivity contribution < 1.29 is 4.79 Å². The number of pyridine rings is 1. The van der Waals surface area contributed by atoms with Crippen LogP contribution in [0.4, 0.5) is 5.82 Å². The molecular weight excluding hydrogens is 292 g/mol. The summed E-state index contributed by atoms with van der Waals surface area (Å²) >= 11 is 0. The van der Waals surface area contributed by atoms with Gasteiger partial charge in [-0.2, -0.15) is 0 Å². The van der Waals surface area contributed by atoms with Crippen molar-refractivity contribution in [3.63, 3.8) is 0 Å². The van der Waals surface area contributed by atoms with E-state index in [1.54, 1.807) is 12.3 Å². The molecule has 0 aliphatic carbocycles. The molecule has 0 atom stereocenters. The van der Waals surface area contributed by atoms with Gasteiger partial charge in [-0.05, 0) is 19.2 Å². The third-order valence-corrected chi connectivity index (χ3v) is 3.87. The molecule has 7 heteroatoms. The molecule has 1 amide bonds. The third kappa shape index (κ3) is 4.01. The van der Waals surface area contributed by atoms with Crippen molar-refractivity contribution >= 4 is 11.7 Å². The van der Waals surface area contributed by atoms with Crippen LogP contribution < -0.4 is 10.2 Å². The van der Waals surface area contributed by atoms with E-state index in [1.165, 1.54) is 6.33 Å². The molecule has 0 spiro atoms. The van der Waals surface area contributed by atoms with Crippen molar-refractivity contribution in [3.8, 4) is 0 Å². The third-order valence-electron chi connectivity index (χ3n) is 3.87. The highest BCUT2D eigenvalue weighted by molar-refractivity contribution is 5.92. The second kappa shape index (κ2) is 7.15. The number of anilines is 1. The van der Waals surface area contributed by atoms with E-state index in [4.69, 9.17) is 0 Å². The van der Waals surface area contributed by atoms with Crippen LogP contribution in [0, 0.1) is 0 Å². The zero-order valence-electron chi connectivity index (χ0n) is 13.1. The van der Waals surface area contributed by atoms with Crippen LogP contribution in [0.15, 0.2) is 36.8 Å². The summed E-state index contributed by atoms with van der Waals surface area (Å²) in [6, 6.07) is 7.36. The number of nitrogens with one attached hydrogen (secondary N) is 1. The maximum Gasteiger partial charge on any atom is 0.270 e. The van der Waals surface area contributed by atoms with Crippen molar-refractivity contribution in [3.05, 3.63) is 48.2 Å². The van der Waals surface area contributed by atoms with Crippen molar-refractivity contribution in [1.82, 2.24) is 25.2 Å². The lowest BCUT2D eigenvalue weighted by Gasteiger charge is -2.33. The summed E-state index contributed by atoms with van der Waals surface area (Å²) in [6.07, 6.45) is 3.15. The summed E-state index contributed by atoms with van der Waals surface area (Å²) in [5.41, 5.74) is 1.19. The maximum atomic E-state index is 12.2. The summed E-state index contributed by atoms with van der Waals surface area (Å²) in [5.74, 6) is 0.588. The molecule has 23 heavy (non-hydrogen) atoms. The number of carbonyl (C=O) groups is 1. The highest BCUT2D eigenvalue weighted by atomic mass is 16.1. The van der Waals surface area contributed by atoms with Gasteiger partial charge >= 0.3 is 0 Å². The Morgan fingerprint density at radius 3 is 2.74 bits per heavy atom. The molecule has 0 unspecified atom stereocenters. The van der Waals surface area contributed by atoms with Crippen LogP contribution in [-0.4, -0.2) is 59.0 Å². The minimum Gasteiger partial charge on any atom is -0.354 e. The lowest BCUT2D eigenvalue weighted by atomic mass is 10.3. The number of hydrogen-bond donors (Lipinski definition) is 1. The summed E-state index contributed by atoms with van der Waals surface area (Å²) in [4.78, 5) is 29.3. The predicted octanol–water partition coefficient (Wildman–Crippen LogP) is 0.553. The van der Waals surface area contributed by atoms with E-state index in [2.05, 4.69) is 37.1 Å². The summed E-state index contributed by atoms with van der Waals surface area (Å²) in [7, 11) is 2.10.